The number of ether oxygens (including phenoxy) is 7. The number of oxime groups is 4. The van der Waals surface area contributed by atoms with E-state index in [1.54, 1.807) is 40.7 Å². The molecule has 7 N–H and O–H groups in total. The van der Waals surface area contributed by atoms with Gasteiger partial charge in [0, 0.05) is 122 Å². The molecule has 0 aliphatic carbocycles. The number of hydrogen-bond donors (Lipinski definition) is 7. The zero-order valence-corrected chi connectivity index (χ0v) is 81.8. The van der Waals surface area contributed by atoms with E-state index in [-0.39, 0.29) is 154 Å². The molecular formula is C95H163N11O26. The van der Waals surface area contributed by atoms with Gasteiger partial charge in [0.2, 0.25) is 11.8 Å². The molecule has 0 aromatic heterocycles. The Hall–Kier alpha value is -9.65. The average Bonchev–Trinajstić information content (AvgIpc) is 0.874. The smallest absolute Gasteiger partial charge is 0.310 e. The topological polar surface area (TPSA) is 491 Å². The summed E-state index contributed by atoms with van der Waals surface area (Å²) in [7, 11) is 0. The molecule has 6 atom stereocenters. The monoisotopic (exact) mass is 1870 g/mol. The molecule has 6 unspecified atom stereocenters. The second-order valence-electron chi connectivity index (χ2n) is 32.4. The normalized spacial score (nSPS) is 13.2. The third-order valence-electron chi connectivity index (χ3n) is 21.2. The molecule has 37 nitrogen and oxygen atoms in total. The van der Waals surface area contributed by atoms with E-state index in [0.717, 1.165) is 77.0 Å². The van der Waals surface area contributed by atoms with Crippen molar-refractivity contribution in [3.05, 3.63) is 11.8 Å². The third kappa shape index (κ3) is 67.5. The molecule has 0 aromatic rings. The summed E-state index contributed by atoms with van der Waals surface area (Å²) in [6.07, 6.45) is 19.8. The van der Waals surface area contributed by atoms with Crippen LogP contribution < -0.4 is 37.2 Å². The van der Waals surface area contributed by atoms with Gasteiger partial charge in [-0.15, -0.1) is 0 Å². The lowest BCUT2D eigenvalue weighted by atomic mass is 9.92. The number of esters is 4. The van der Waals surface area contributed by atoms with Crippen LogP contribution in [0.4, 0.5) is 0 Å². The molecule has 0 radical (unpaired) electrons. The number of carbonyl (C=O) groups is 15. The Morgan fingerprint density at radius 2 is 0.659 bits per heavy atom. The Labute approximate surface area is 783 Å². The van der Waals surface area contributed by atoms with Crippen LogP contribution in [0.2, 0.25) is 0 Å². The average molecular weight is 1880 g/mol. The molecule has 0 aromatic carbocycles. The van der Waals surface area contributed by atoms with Crippen LogP contribution in [0.1, 0.15) is 340 Å². The predicted octanol–water partition coefficient (Wildman–Crippen LogP) is 11.9. The molecule has 132 heavy (non-hydrogen) atoms. The van der Waals surface area contributed by atoms with Gasteiger partial charge in [-0.3, -0.25) is 71.9 Å². The number of rotatable bonds is 87. The first kappa shape index (κ1) is 122. The SMILES string of the molecule is C/C=C(\CCCCCNC(=O)CO/N=C(\C)C(=O)CC(CCCCNC(=O)/C(C)=N\OCC(=O)NCCCCCC(CC)OC(=O)CC)C(=O)NC(CCCCNC(=O)C(CCCCCC(=O)/C(C)=N/OCC(=O)NCCCCCC(CC)OC(=O)CC)CC(=O)/C(C)=N/OCC(=O)NCCCCCC(CC)OC(=O)CC)C(=O)CCCOCCOCCOCCC)OC(=O)CC. The van der Waals surface area contributed by atoms with Crippen LogP contribution in [0.3, 0.4) is 0 Å². The highest BCUT2D eigenvalue weighted by Gasteiger charge is 2.30. The summed E-state index contributed by atoms with van der Waals surface area (Å²) in [6.45, 7) is 24.4. The molecule has 0 heterocycles. The molecule has 0 aliphatic heterocycles. The number of allylic oxidation sites excluding steroid dienone is 2. The molecule has 37 heteroatoms. The summed E-state index contributed by atoms with van der Waals surface area (Å²) in [4.78, 5) is 216. The van der Waals surface area contributed by atoms with Crippen molar-refractivity contribution in [3.8, 4) is 0 Å². The van der Waals surface area contributed by atoms with Crippen LogP contribution in [0.5, 0.6) is 0 Å². The van der Waals surface area contributed by atoms with Gasteiger partial charge in [0.05, 0.1) is 32.5 Å². The molecule has 0 spiro atoms. The molecule has 0 saturated heterocycles. The maximum Gasteiger partial charge on any atom is 0.310 e. The number of unbranched alkanes of at least 4 members (excludes halogenated alkanes) is 12. The van der Waals surface area contributed by atoms with Crippen molar-refractivity contribution >= 4 is 111 Å². The first-order valence-corrected chi connectivity index (χ1v) is 48.4. The number of nitrogens with one attached hydrogen (secondary N) is 7. The van der Waals surface area contributed by atoms with E-state index in [2.05, 4.69) is 57.8 Å². The van der Waals surface area contributed by atoms with Crippen molar-refractivity contribution in [2.24, 2.45) is 32.5 Å². The summed E-state index contributed by atoms with van der Waals surface area (Å²) < 4.78 is 38.5. The minimum atomic E-state index is -1.08. The number of hydrogen-bond acceptors (Lipinski definition) is 30. The fraction of sp³-hybridized carbons (Fsp3) is 0.779. The van der Waals surface area contributed by atoms with Gasteiger partial charge in [0.25, 0.3) is 29.5 Å². The highest BCUT2D eigenvalue weighted by Crippen LogP contribution is 2.21. The highest BCUT2D eigenvalue weighted by atomic mass is 16.6. The zero-order valence-electron chi connectivity index (χ0n) is 81.8. The Kier molecular flexibility index (Phi) is 76.1. The van der Waals surface area contributed by atoms with Crippen molar-refractivity contribution in [2.75, 3.05) is 105 Å². The van der Waals surface area contributed by atoms with Crippen molar-refractivity contribution in [1.29, 1.82) is 0 Å². The van der Waals surface area contributed by atoms with Gasteiger partial charge in [-0.2, -0.15) is 0 Å². The van der Waals surface area contributed by atoms with Gasteiger partial charge < -0.3 is 89.7 Å². The van der Waals surface area contributed by atoms with E-state index in [4.69, 9.17) is 52.5 Å². The van der Waals surface area contributed by atoms with Crippen LogP contribution in [0.15, 0.2) is 32.5 Å². The van der Waals surface area contributed by atoms with Gasteiger partial charge in [-0.05, 0) is 188 Å². The number of amides is 7. The Morgan fingerprint density at radius 1 is 0.318 bits per heavy atom. The quantitative estimate of drug-likeness (QED) is 0.00742. The van der Waals surface area contributed by atoms with Gasteiger partial charge in [0.15, 0.2) is 49.6 Å². The molecular weight excluding hydrogens is 1710 g/mol. The fourth-order valence-electron chi connectivity index (χ4n) is 12.9. The zero-order chi connectivity index (χ0) is 98.2. The van der Waals surface area contributed by atoms with Crippen LogP contribution in [0, 0.1) is 11.8 Å². The van der Waals surface area contributed by atoms with Crippen molar-refractivity contribution in [1.82, 2.24) is 37.2 Å². The molecule has 7 amide bonds. The van der Waals surface area contributed by atoms with Gasteiger partial charge in [-0.1, -0.05) is 121 Å². The van der Waals surface area contributed by atoms with Crippen LogP contribution >= 0.6 is 0 Å². The predicted molar refractivity (Wildman–Crippen MR) is 501 cm³/mol. The number of carbonyl (C=O) groups excluding carboxylic acids is 15. The lowest BCUT2D eigenvalue weighted by Crippen LogP contribution is -2.44. The molecule has 0 fully saturated rings. The lowest BCUT2D eigenvalue weighted by molar-refractivity contribution is -0.150. The summed E-state index contributed by atoms with van der Waals surface area (Å²) in [5.41, 5.74) is -0.218. The number of Topliss-reactive ketones (excluding diaryl/α,β-unsaturated/α-hetero) is 4. The summed E-state index contributed by atoms with van der Waals surface area (Å²) in [6, 6.07) is -1.08. The number of ketones is 4. The standard InChI is InChI=1S/C95H163N11O26/c1-14-58-122-60-62-124-63-61-123-59-42-51-82(108)80(102-95(121)75(65-84(110)72(12)105-127-68-87(113)98-54-38-26-31-47-78(17-4)131-91(117)21-8)44-34-40-56-100-93(119)73(13)106-128-69-88(114)99-55-39-27-32-48-79(18-5)132-92(118)22-9)49-35-41-57-101-94(120)74(64-83(109)71(11)104-126-67-86(112)97-53-37-25-30-46-77(16-3)130-90(116)20-7)43-28-23-33-50-81(107)70(10)103-125-66-85(111)96-52-36-24-29-45-76(15-2)129-89(115)19-6/h17,74-77,79-80H,14-16,18-69H2,1-13H3,(H,96,111)(H,97,112)(H,98,113)(H,99,114)(H,100,119)(H,101,120)(H,102,121)/b78-17+,103-70+,104-71+,105-72+,106-73-. The largest absolute Gasteiger partial charge is 0.462 e. The summed E-state index contributed by atoms with van der Waals surface area (Å²) in [5.74, 6) is -7.59. The van der Waals surface area contributed by atoms with Gasteiger partial charge in [0.1, 0.15) is 46.9 Å². The van der Waals surface area contributed by atoms with E-state index in [0.29, 0.717) is 174 Å². The van der Waals surface area contributed by atoms with Crippen LogP contribution in [-0.2, 0) is 124 Å². The van der Waals surface area contributed by atoms with E-state index in [9.17, 15) is 71.9 Å². The van der Waals surface area contributed by atoms with E-state index in [1.165, 1.54) is 27.7 Å². The van der Waals surface area contributed by atoms with Crippen LogP contribution in [-0.4, -0.2) is 241 Å². The summed E-state index contributed by atoms with van der Waals surface area (Å²) in [5, 5.41) is 35.2. The van der Waals surface area contributed by atoms with E-state index >= 15 is 0 Å². The van der Waals surface area contributed by atoms with Crippen LogP contribution in [0.25, 0.3) is 0 Å². The molecule has 754 valence electrons. The molecule has 0 saturated carbocycles. The Morgan fingerprint density at radius 3 is 1.08 bits per heavy atom. The van der Waals surface area contributed by atoms with Gasteiger partial charge in [-0.25, -0.2) is 0 Å². The second-order valence-corrected chi connectivity index (χ2v) is 32.4. The maximum atomic E-state index is 14.7. The molecule has 0 bridgehead atoms. The van der Waals surface area contributed by atoms with Gasteiger partial charge >= 0.3 is 23.9 Å². The van der Waals surface area contributed by atoms with E-state index < -0.39 is 104 Å². The molecule has 0 rings (SSSR count). The highest BCUT2D eigenvalue weighted by molar-refractivity contribution is 6.40. The number of nitrogens with zero attached hydrogens (tertiary/aromatic N) is 4. The third-order valence-corrected chi connectivity index (χ3v) is 21.2. The fourth-order valence-corrected chi connectivity index (χ4v) is 12.9. The van der Waals surface area contributed by atoms with Crippen molar-refractivity contribution in [3.63, 3.8) is 0 Å². The minimum absolute atomic E-state index is 0.00949. The van der Waals surface area contributed by atoms with Crippen molar-refractivity contribution < 1.29 is 124 Å². The Balaban J connectivity index is 6.69. The first-order chi connectivity index (χ1) is 63.5. The first-order valence-electron chi connectivity index (χ1n) is 48.4. The summed E-state index contributed by atoms with van der Waals surface area (Å²) >= 11 is 0. The second kappa shape index (κ2) is 82.1. The molecule has 0 aliphatic rings. The van der Waals surface area contributed by atoms with E-state index in [1.807, 2.05) is 27.7 Å². The Bertz CT molecular complexity index is 3500. The van der Waals surface area contributed by atoms with Crippen molar-refractivity contribution in [2.45, 2.75) is 365 Å². The maximum absolute atomic E-state index is 14.7. The lowest BCUT2D eigenvalue weighted by Gasteiger charge is -2.22. The minimum Gasteiger partial charge on any atom is -0.462 e.